The van der Waals surface area contributed by atoms with E-state index >= 15 is 0 Å². The second kappa shape index (κ2) is 6.69. The van der Waals surface area contributed by atoms with Crippen LogP contribution in [0.5, 0.6) is 23.0 Å². The number of hydrogen-bond acceptors (Lipinski definition) is 7. The first-order chi connectivity index (χ1) is 13.7. The largest absolute Gasteiger partial charge is 0.454 e. The van der Waals surface area contributed by atoms with Crippen molar-refractivity contribution in [3.63, 3.8) is 0 Å². The predicted molar refractivity (Wildman–Crippen MR) is 96.6 cm³/mol. The summed E-state index contributed by atoms with van der Waals surface area (Å²) >= 11 is 0. The zero-order chi connectivity index (χ0) is 19.1. The molecule has 2 aromatic rings. The number of carbonyl (C=O) groups excluding carboxylic acids is 2. The standard InChI is InChI=1S/C21H16O7/c22-20-14-5-4-13(27-21(23)16-2-1-7-24-16)10-17(14)28-19(20)9-12-3-6-15-18(8-12)26-11-25-15/h3-6,8-10,16H,1-2,7,11H2/b19-9-. The fourth-order valence-electron chi connectivity index (χ4n) is 3.33. The molecule has 0 bridgehead atoms. The summed E-state index contributed by atoms with van der Waals surface area (Å²) in [4.78, 5) is 24.7. The van der Waals surface area contributed by atoms with Gasteiger partial charge in [-0.2, -0.15) is 0 Å². The predicted octanol–water partition coefficient (Wildman–Crippen LogP) is 3.12. The molecule has 1 fully saturated rings. The van der Waals surface area contributed by atoms with Gasteiger partial charge >= 0.3 is 5.97 Å². The number of allylic oxidation sites excluding steroid dienone is 1. The molecule has 0 aliphatic carbocycles. The van der Waals surface area contributed by atoms with Crippen LogP contribution in [0.2, 0.25) is 0 Å². The first kappa shape index (κ1) is 16.8. The fourth-order valence-corrected chi connectivity index (χ4v) is 3.33. The molecule has 1 saturated heterocycles. The van der Waals surface area contributed by atoms with Gasteiger partial charge in [0.25, 0.3) is 0 Å². The van der Waals surface area contributed by atoms with Crippen LogP contribution >= 0.6 is 0 Å². The molecule has 7 nitrogen and oxygen atoms in total. The molecule has 142 valence electrons. The highest BCUT2D eigenvalue weighted by Gasteiger charge is 2.30. The summed E-state index contributed by atoms with van der Waals surface area (Å²) in [5.41, 5.74) is 1.18. The molecule has 1 unspecified atom stereocenters. The van der Waals surface area contributed by atoms with E-state index in [-0.39, 0.29) is 18.3 Å². The summed E-state index contributed by atoms with van der Waals surface area (Å²) in [6.45, 7) is 0.749. The van der Waals surface area contributed by atoms with Crippen LogP contribution in [0.3, 0.4) is 0 Å². The minimum absolute atomic E-state index is 0.184. The Morgan fingerprint density at radius 1 is 1.07 bits per heavy atom. The van der Waals surface area contributed by atoms with Gasteiger partial charge in [0, 0.05) is 12.7 Å². The molecule has 0 radical (unpaired) electrons. The maximum absolute atomic E-state index is 12.6. The minimum Gasteiger partial charge on any atom is -0.454 e. The summed E-state index contributed by atoms with van der Waals surface area (Å²) in [6, 6.07) is 10.1. The van der Waals surface area contributed by atoms with Crippen LogP contribution in [0.4, 0.5) is 0 Å². The quantitative estimate of drug-likeness (QED) is 0.460. The average molecular weight is 380 g/mol. The maximum Gasteiger partial charge on any atom is 0.340 e. The summed E-state index contributed by atoms with van der Waals surface area (Å²) in [6.07, 6.45) is 2.61. The van der Waals surface area contributed by atoms with Gasteiger partial charge in [-0.25, -0.2) is 4.79 Å². The third kappa shape index (κ3) is 2.99. The second-order valence-electron chi connectivity index (χ2n) is 6.63. The average Bonchev–Trinajstić information content (AvgIpc) is 3.43. The van der Waals surface area contributed by atoms with Crippen molar-refractivity contribution in [1.82, 2.24) is 0 Å². The van der Waals surface area contributed by atoms with Gasteiger partial charge in [0.1, 0.15) is 11.5 Å². The van der Waals surface area contributed by atoms with Crippen LogP contribution in [0.1, 0.15) is 28.8 Å². The number of hydrogen-bond donors (Lipinski definition) is 0. The molecule has 0 saturated carbocycles. The highest BCUT2D eigenvalue weighted by atomic mass is 16.7. The van der Waals surface area contributed by atoms with Gasteiger partial charge in [0.2, 0.25) is 12.6 Å². The number of carbonyl (C=O) groups is 2. The molecule has 3 aliphatic heterocycles. The van der Waals surface area contributed by atoms with Gasteiger partial charge < -0.3 is 23.7 Å². The normalized spacial score (nSPS) is 20.9. The number of benzene rings is 2. The molecule has 0 amide bonds. The lowest BCUT2D eigenvalue weighted by Crippen LogP contribution is -2.24. The van der Waals surface area contributed by atoms with Crippen LogP contribution < -0.4 is 18.9 Å². The molecule has 5 rings (SSSR count). The molecule has 7 heteroatoms. The second-order valence-corrected chi connectivity index (χ2v) is 6.63. The highest BCUT2D eigenvalue weighted by molar-refractivity contribution is 6.14. The van der Waals surface area contributed by atoms with Crippen LogP contribution in [0.25, 0.3) is 6.08 Å². The van der Waals surface area contributed by atoms with E-state index < -0.39 is 12.1 Å². The van der Waals surface area contributed by atoms with Crippen molar-refractivity contribution >= 4 is 17.8 Å². The smallest absolute Gasteiger partial charge is 0.340 e. The number of Topliss-reactive ketones (excluding diaryl/α,β-unsaturated/α-hetero) is 1. The topological polar surface area (TPSA) is 80.3 Å². The number of rotatable bonds is 3. The van der Waals surface area contributed by atoms with Gasteiger partial charge in [-0.1, -0.05) is 6.07 Å². The van der Waals surface area contributed by atoms with E-state index in [1.807, 2.05) is 6.07 Å². The lowest BCUT2D eigenvalue weighted by molar-refractivity contribution is -0.144. The number of esters is 1. The highest BCUT2D eigenvalue weighted by Crippen LogP contribution is 2.37. The van der Waals surface area contributed by atoms with Gasteiger partial charge in [0.15, 0.2) is 23.4 Å². The Morgan fingerprint density at radius 3 is 2.82 bits per heavy atom. The van der Waals surface area contributed by atoms with E-state index in [1.54, 1.807) is 36.4 Å². The molecule has 3 aliphatic rings. The molecular weight excluding hydrogens is 364 g/mol. The Morgan fingerprint density at radius 2 is 1.96 bits per heavy atom. The van der Waals surface area contributed by atoms with E-state index in [4.69, 9.17) is 23.7 Å². The molecule has 0 aromatic heterocycles. The first-order valence-electron chi connectivity index (χ1n) is 8.99. The van der Waals surface area contributed by atoms with Crippen molar-refractivity contribution in [1.29, 1.82) is 0 Å². The van der Waals surface area contributed by atoms with Crippen LogP contribution in [-0.4, -0.2) is 31.3 Å². The number of ether oxygens (including phenoxy) is 5. The molecular formula is C21H16O7. The molecule has 28 heavy (non-hydrogen) atoms. The van der Waals surface area contributed by atoms with E-state index in [0.29, 0.717) is 41.6 Å². The summed E-state index contributed by atoms with van der Waals surface area (Å²) < 4.78 is 27.0. The SMILES string of the molecule is O=C1/C(=C/c2ccc3c(c2)OCO3)Oc2cc(OC(=O)C3CCCO3)ccc21. The Balaban J connectivity index is 1.35. The van der Waals surface area contributed by atoms with Crippen molar-refractivity contribution in [2.24, 2.45) is 0 Å². The zero-order valence-electron chi connectivity index (χ0n) is 14.8. The Kier molecular flexibility index (Phi) is 4.02. The molecule has 0 N–H and O–H groups in total. The van der Waals surface area contributed by atoms with Crippen LogP contribution in [-0.2, 0) is 9.53 Å². The van der Waals surface area contributed by atoms with Crippen molar-refractivity contribution < 1.29 is 33.3 Å². The van der Waals surface area contributed by atoms with Crippen molar-refractivity contribution in [2.75, 3.05) is 13.4 Å². The third-order valence-corrected chi connectivity index (χ3v) is 4.75. The van der Waals surface area contributed by atoms with E-state index in [2.05, 4.69) is 0 Å². The molecule has 1 atom stereocenters. The van der Waals surface area contributed by atoms with Gasteiger partial charge in [-0.3, -0.25) is 4.79 Å². The maximum atomic E-state index is 12.6. The van der Waals surface area contributed by atoms with E-state index in [0.717, 1.165) is 12.0 Å². The number of fused-ring (bicyclic) bond motifs is 2. The monoisotopic (exact) mass is 380 g/mol. The molecule has 2 aromatic carbocycles. The van der Waals surface area contributed by atoms with Gasteiger partial charge in [-0.05, 0) is 48.7 Å². The Bertz CT molecular complexity index is 1000. The minimum atomic E-state index is -0.530. The lowest BCUT2D eigenvalue weighted by Gasteiger charge is -2.09. The summed E-state index contributed by atoms with van der Waals surface area (Å²) in [5.74, 6) is 1.49. The van der Waals surface area contributed by atoms with Crippen molar-refractivity contribution in [2.45, 2.75) is 18.9 Å². The van der Waals surface area contributed by atoms with Crippen LogP contribution in [0, 0.1) is 0 Å². The summed E-state index contributed by atoms with van der Waals surface area (Å²) in [7, 11) is 0. The molecule has 3 heterocycles. The summed E-state index contributed by atoms with van der Waals surface area (Å²) in [5, 5.41) is 0. The van der Waals surface area contributed by atoms with E-state index in [9.17, 15) is 9.59 Å². The first-order valence-corrected chi connectivity index (χ1v) is 8.99. The third-order valence-electron chi connectivity index (χ3n) is 4.75. The van der Waals surface area contributed by atoms with Crippen LogP contribution in [0.15, 0.2) is 42.2 Å². The Hall–Kier alpha value is -3.32. The Labute approximate surface area is 160 Å². The fraction of sp³-hybridized carbons (Fsp3) is 0.238. The number of ketones is 1. The van der Waals surface area contributed by atoms with Crippen molar-refractivity contribution in [3.05, 3.63) is 53.3 Å². The zero-order valence-corrected chi connectivity index (χ0v) is 14.8. The van der Waals surface area contributed by atoms with Crippen molar-refractivity contribution in [3.8, 4) is 23.0 Å². The lowest BCUT2D eigenvalue weighted by atomic mass is 10.1. The van der Waals surface area contributed by atoms with Gasteiger partial charge in [0.05, 0.1) is 5.56 Å². The van der Waals surface area contributed by atoms with Gasteiger partial charge in [-0.15, -0.1) is 0 Å². The van der Waals surface area contributed by atoms with E-state index in [1.165, 1.54) is 0 Å². The molecule has 0 spiro atoms.